The summed E-state index contributed by atoms with van der Waals surface area (Å²) in [4.78, 5) is 0.708. The van der Waals surface area contributed by atoms with Gasteiger partial charge in [-0.25, -0.2) is 8.42 Å². The Balaban J connectivity index is 4.35. The fraction of sp³-hybridized carbons (Fsp3) is 0.818. The van der Waals surface area contributed by atoms with Crippen LogP contribution in [0.25, 0.3) is 0 Å². The van der Waals surface area contributed by atoms with Crippen molar-refractivity contribution < 1.29 is 13.2 Å². The second-order valence-corrected chi connectivity index (χ2v) is 7.39. The first-order chi connectivity index (χ1) is 7.58. The molecule has 0 aromatic heterocycles. The van der Waals surface area contributed by atoms with Gasteiger partial charge in [0, 0.05) is 23.1 Å². The van der Waals surface area contributed by atoms with E-state index in [0.29, 0.717) is 24.4 Å². The summed E-state index contributed by atoms with van der Waals surface area (Å²) in [5.41, 5.74) is 5.38. The van der Waals surface area contributed by atoms with Gasteiger partial charge in [-0.2, -0.15) is 0 Å². The van der Waals surface area contributed by atoms with E-state index in [-0.39, 0.29) is 5.75 Å². The monoisotopic (exact) mass is 281 g/mol. The minimum atomic E-state index is -2.92. The molecular weight excluding hydrogens is 258 g/mol. The molecule has 0 atom stereocenters. The maximum atomic E-state index is 10.9. The fourth-order valence-corrected chi connectivity index (χ4v) is 2.08. The summed E-state index contributed by atoms with van der Waals surface area (Å²) in [6.45, 7) is 6.03. The number of rotatable bonds is 7. The highest BCUT2D eigenvalue weighted by atomic mass is 32.2. The molecule has 0 heterocycles. The van der Waals surface area contributed by atoms with Crippen molar-refractivity contribution >= 4 is 22.5 Å². The molecule has 0 saturated heterocycles. The van der Waals surface area contributed by atoms with Gasteiger partial charge in [0.05, 0.1) is 12.4 Å². The molecule has 0 amide bonds. The lowest BCUT2D eigenvalue weighted by molar-refractivity contribution is 0.201. The summed E-state index contributed by atoms with van der Waals surface area (Å²) in [5, 5.41) is 0. The molecule has 0 fully saturated rings. The molecule has 0 aliphatic rings. The van der Waals surface area contributed by atoms with Crippen LogP contribution in [0.15, 0.2) is 10.7 Å². The van der Waals surface area contributed by atoms with E-state index < -0.39 is 15.4 Å². The van der Waals surface area contributed by atoms with Crippen LogP contribution >= 0.6 is 12.6 Å². The third kappa shape index (κ3) is 7.68. The van der Waals surface area contributed by atoms with Crippen LogP contribution in [0.1, 0.15) is 33.6 Å². The van der Waals surface area contributed by atoms with E-state index in [1.165, 1.54) is 6.26 Å². The highest BCUT2D eigenvalue weighted by molar-refractivity contribution is 7.90. The van der Waals surface area contributed by atoms with Crippen molar-refractivity contribution in [2.75, 3.05) is 18.6 Å². The normalized spacial score (nSPS) is 14.5. The lowest BCUT2D eigenvalue weighted by atomic mass is 10.1. The number of hydrogen-bond donors (Lipinski definition) is 2. The van der Waals surface area contributed by atoms with Crippen LogP contribution in [0.3, 0.4) is 0 Å². The van der Waals surface area contributed by atoms with E-state index in [1.54, 1.807) is 0 Å². The summed E-state index contributed by atoms with van der Waals surface area (Å²) >= 11 is 4.36. The molecule has 0 aromatic rings. The smallest absolute Gasteiger partial charge is 0.147 e. The molecule has 0 unspecified atom stereocenters. The lowest BCUT2D eigenvalue weighted by Gasteiger charge is -2.22. The molecular formula is C11H23NO3S2. The fourth-order valence-electron chi connectivity index (χ4n) is 1.21. The number of hydrogen-bond acceptors (Lipinski definition) is 5. The van der Waals surface area contributed by atoms with Crippen LogP contribution in [0.4, 0.5) is 0 Å². The van der Waals surface area contributed by atoms with Crippen molar-refractivity contribution in [3.05, 3.63) is 10.7 Å². The number of nitrogens with two attached hydrogens (primary N) is 1. The molecule has 0 aliphatic carbocycles. The number of allylic oxidation sites excluding steroid dienone is 1. The summed E-state index contributed by atoms with van der Waals surface area (Å²) in [5.74, 6) is 0.868. The molecule has 0 spiro atoms. The van der Waals surface area contributed by atoms with Gasteiger partial charge in [0.2, 0.25) is 0 Å². The van der Waals surface area contributed by atoms with Gasteiger partial charge >= 0.3 is 0 Å². The number of thiol groups is 1. The molecule has 0 bridgehead atoms. The largest absolute Gasteiger partial charge is 0.497 e. The highest BCUT2D eigenvalue weighted by Gasteiger charge is 2.19. The first-order valence-electron chi connectivity index (χ1n) is 5.60. The molecule has 102 valence electrons. The predicted octanol–water partition coefficient (Wildman–Crippen LogP) is 1.73. The summed E-state index contributed by atoms with van der Waals surface area (Å²) in [6, 6.07) is 0. The molecule has 0 aliphatic heterocycles. The van der Waals surface area contributed by atoms with Crippen LogP contribution in [0.5, 0.6) is 0 Å². The third-order valence-electron chi connectivity index (χ3n) is 2.13. The van der Waals surface area contributed by atoms with Crippen molar-refractivity contribution in [2.45, 2.75) is 39.2 Å². The van der Waals surface area contributed by atoms with Crippen molar-refractivity contribution in [2.24, 2.45) is 5.73 Å². The Bertz CT molecular complexity index is 367. The average molecular weight is 281 g/mol. The predicted molar refractivity (Wildman–Crippen MR) is 74.8 cm³/mol. The Morgan fingerprint density at radius 2 is 1.94 bits per heavy atom. The molecule has 2 N–H and O–H groups in total. The van der Waals surface area contributed by atoms with Crippen LogP contribution in [-0.2, 0) is 14.6 Å². The lowest BCUT2D eigenvalue weighted by Crippen LogP contribution is -2.33. The Morgan fingerprint density at radius 1 is 1.41 bits per heavy atom. The van der Waals surface area contributed by atoms with Gasteiger partial charge in [0.1, 0.15) is 15.6 Å². The molecule has 0 rings (SSSR count). The Hall–Kier alpha value is -0.200. The second kappa shape index (κ2) is 6.66. The molecule has 4 nitrogen and oxygen atoms in total. The quantitative estimate of drug-likeness (QED) is 0.423. The zero-order chi connectivity index (χ0) is 13.7. The van der Waals surface area contributed by atoms with E-state index in [9.17, 15) is 8.42 Å². The second-order valence-electron chi connectivity index (χ2n) is 4.68. The van der Waals surface area contributed by atoms with Gasteiger partial charge in [0.25, 0.3) is 0 Å². The Labute approximate surface area is 110 Å². The highest BCUT2D eigenvalue weighted by Crippen LogP contribution is 2.23. The van der Waals surface area contributed by atoms with Gasteiger partial charge in [-0.1, -0.05) is 6.92 Å². The minimum Gasteiger partial charge on any atom is -0.497 e. The van der Waals surface area contributed by atoms with Crippen molar-refractivity contribution in [3.63, 3.8) is 0 Å². The molecule has 0 aromatic carbocycles. The molecule has 0 radical (unpaired) electrons. The zero-order valence-electron chi connectivity index (χ0n) is 11.0. The Morgan fingerprint density at radius 3 is 2.29 bits per heavy atom. The first-order valence-corrected chi connectivity index (χ1v) is 8.10. The SMILES string of the molecule is CC/C(OCCCS(C)(=O)=O)=C(/S)C(C)(C)N. The van der Waals surface area contributed by atoms with Crippen LogP contribution in [-0.4, -0.2) is 32.6 Å². The van der Waals surface area contributed by atoms with Gasteiger partial charge < -0.3 is 10.5 Å². The van der Waals surface area contributed by atoms with Crippen LogP contribution in [0.2, 0.25) is 0 Å². The zero-order valence-corrected chi connectivity index (χ0v) is 12.7. The van der Waals surface area contributed by atoms with Gasteiger partial charge in [-0.15, -0.1) is 12.6 Å². The van der Waals surface area contributed by atoms with E-state index in [1.807, 2.05) is 20.8 Å². The maximum absolute atomic E-state index is 10.9. The van der Waals surface area contributed by atoms with E-state index >= 15 is 0 Å². The summed E-state index contributed by atoms with van der Waals surface area (Å²) < 4.78 is 27.4. The van der Waals surface area contributed by atoms with Crippen LogP contribution < -0.4 is 5.73 Å². The van der Waals surface area contributed by atoms with E-state index in [0.717, 1.165) is 5.76 Å². The first kappa shape index (κ1) is 16.8. The molecule has 0 saturated carbocycles. The molecule has 17 heavy (non-hydrogen) atoms. The topological polar surface area (TPSA) is 69.4 Å². The minimum absolute atomic E-state index is 0.137. The third-order valence-corrected chi connectivity index (χ3v) is 3.99. The standard InChI is InChI=1S/C11H23NO3S2/c1-5-9(10(16)11(2,3)12)15-7-6-8-17(4,13)14/h16H,5-8,12H2,1-4H3/b10-9-. The van der Waals surface area contributed by atoms with Gasteiger partial charge in [0.15, 0.2) is 0 Å². The average Bonchev–Trinajstić information content (AvgIpc) is 2.14. The van der Waals surface area contributed by atoms with Crippen molar-refractivity contribution in [3.8, 4) is 0 Å². The number of sulfone groups is 1. The van der Waals surface area contributed by atoms with E-state index in [2.05, 4.69) is 12.6 Å². The van der Waals surface area contributed by atoms with Crippen LogP contribution in [0, 0.1) is 0 Å². The number of ether oxygens (including phenoxy) is 1. The van der Waals surface area contributed by atoms with Crippen molar-refractivity contribution in [1.82, 2.24) is 0 Å². The van der Waals surface area contributed by atoms with Gasteiger partial charge in [-0.05, 0) is 20.3 Å². The molecule has 6 heteroatoms. The maximum Gasteiger partial charge on any atom is 0.147 e. The Kier molecular flexibility index (Phi) is 6.58. The van der Waals surface area contributed by atoms with Gasteiger partial charge in [-0.3, -0.25) is 0 Å². The van der Waals surface area contributed by atoms with Crippen molar-refractivity contribution in [1.29, 1.82) is 0 Å². The summed E-state index contributed by atoms with van der Waals surface area (Å²) in [6.07, 6.45) is 2.39. The summed E-state index contributed by atoms with van der Waals surface area (Å²) in [7, 11) is -2.92. The van der Waals surface area contributed by atoms with E-state index in [4.69, 9.17) is 10.5 Å².